The molecule has 0 aliphatic heterocycles. The molecule has 0 aliphatic rings. The Morgan fingerprint density at radius 1 is 1.53 bits per heavy atom. The Morgan fingerprint density at radius 3 is 2.73 bits per heavy atom. The van der Waals surface area contributed by atoms with Crippen molar-refractivity contribution in [2.24, 2.45) is 0 Å². The molecule has 0 atom stereocenters. The summed E-state index contributed by atoms with van der Waals surface area (Å²) in [5, 5.41) is 20.1. The van der Waals surface area contributed by atoms with Gasteiger partial charge in [0.15, 0.2) is 0 Å². The van der Waals surface area contributed by atoms with Gasteiger partial charge in [-0.15, -0.1) is 0 Å². The molecule has 15 heavy (non-hydrogen) atoms. The number of hydrogen-bond acceptors (Lipinski definition) is 4. The van der Waals surface area contributed by atoms with Crippen LogP contribution in [0.5, 0.6) is 0 Å². The highest BCUT2D eigenvalue weighted by molar-refractivity contribution is 5.93. The highest BCUT2D eigenvalue weighted by Gasteiger charge is 2.14. The second-order valence-corrected chi connectivity index (χ2v) is 3.20. The lowest BCUT2D eigenvalue weighted by atomic mass is 10.2. The van der Waals surface area contributed by atoms with Crippen molar-refractivity contribution < 1.29 is 15.0 Å². The van der Waals surface area contributed by atoms with Gasteiger partial charge in [0.2, 0.25) is 0 Å². The van der Waals surface area contributed by atoms with Gasteiger partial charge in [0.1, 0.15) is 5.69 Å². The Morgan fingerprint density at radius 2 is 2.20 bits per heavy atom. The first-order valence-corrected chi connectivity index (χ1v) is 4.63. The molecule has 0 spiro atoms. The maximum Gasteiger partial charge on any atom is 0.270 e. The predicted octanol–water partition coefficient (Wildman–Crippen LogP) is -0.527. The Hall–Kier alpha value is -1.46. The summed E-state index contributed by atoms with van der Waals surface area (Å²) in [6.07, 6.45) is 1.52. The lowest BCUT2D eigenvalue weighted by molar-refractivity contribution is 0.0874. The summed E-state index contributed by atoms with van der Waals surface area (Å²) < 4.78 is 0. The first kappa shape index (κ1) is 11.6. The lowest BCUT2D eigenvalue weighted by Crippen LogP contribution is -2.40. The highest BCUT2D eigenvalue weighted by Crippen LogP contribution is 2.02. The average Bonchev–Trinajstić information content (AvgIpc) is 2.26. The van der Waals surface area contributed by atoms with Crippen molar-refractivity contribution in [1.29, 1.82) is 0 Å². The van der Waals surface area contributed by atoms with Crippen LogP contribution in [0.25, 0.3) is 0 Å². The molecule has 0 fully saturated rings. The van der Waals surface area contributed by atoms with E-state index in [1.54, 1.807) is 19.1 Å². The van der Waals surface area contributed by atoms with Crippen molar-refractivity contribution >= 4 is 5.91 Å². The van der Waals surface area contributed by atoms with E-state index < -0.39 is 6.04 Å². The number of rotatable bonds is 4. The zero-order valence-corrected chi connectivity index (χ0v) is 8.47. The smallest absolute Gasteiger partial charge is 0.270 e. The van der Waals surface area contributed by atoms with Gasteiger partial charge in [-0.2, -0.15) is 0 Å². The molecule has 0 unspecified atom stereocenters. The van der Waals surface area contributed by atoms with Crippen LogP contribution in [0.1, 0.15) is 16.1 Å². The van der Waals surface area contributed by atoms with Gasteiger partial charge in [-0.05, 0) is 18.6 Å². The van der Waals surface area contributed by atoms with Gasteiger partial charge in [-0.1, -0.05) is 6.07 Å². The summed E-state index contributed by atoms with van der Waals surface area (Å²) in [6, 6.07) is 2.87. The second-order valence-electron chi connectivity index (χ2n) is 3.20. The van der Waals surface area contributed by atoms with Crippen LogP contribution in [0.15, 0.2) is 18.3 Å². The van der Waals surface area contributed by atoms with Crippen LogP contribution in [-0.4, -0.2) is 40.4 Å². The van der Waals surface area contributed by atoms with E-state index in [1.807, 2.05) is 0 Å². The number of nitrogens with zero attached hydrogens (tertiary/aromatic N) is 1. The number of hydrogen-bond donors (Lipinski definition) is 3. The van der Waals surface area contributed by atoms with Gasteiger partial charge in [-0.25, -0.2) is 0 Å². The Kier molecular flexibility index (Phi) is 4.20. The van der Waals surface area contributed by atoms with Gasteiger partial charge in [0.05, 0.1) is 19.3 Å². The summed E-state index contributed by atoms with van der Waals surface area (Å²) in [5.41, 5.74) is 1.06. The molecule has 1 heterocycles. The molecule has 0 aliphatic carbocycles. The summed E-state index contributed by atoms with van der Waals surface area (Å²) in [6.45, 7) is 1.18. The Balaban J connectivity index is 2.73. The predicted molar refractivity (Wildman–Crippen MR) is 54.4 cm³/mol. The van der Waals surface area contributed by atoms with Crippen LogP contribution in [0.4, 0.5) is 0 Å². The van der Waals surface area contributed by atoms with Crippen LogP contribution >= 0.6 is 0 Å². The average molecular weight is 210 g/mol. The number of carbonyl (C=O) groups excluding carboxylic acids is 1. The van der Waals surface area contributed by atoms with Gasteiger partial charge in [0.25, 0.3) is 5.91 Å². The van der Waals surface area contributed by atoms with E-state index in [-0.39, 0.29) is 19.1 Å². The number of carbonyl (C=O) groups is 1. The third-order valence-corrected chi connectivity index (χ3v) is 2.00. The van der Waals surface area contributed by atoms with Crippen LogP contribution in [0, 0.1) is 6.92 Å². The first-order valence-electron chi connectivity index (χ1n) is 4.63. The van der Waals surface area contributed by atoms with E-state index in [2.05, 4.69) is 10.3 Å². The normalized spacial score (nSPS) is 10.4. The molecule has 1 aromatic heterocycles. The van der Waals surface area contributed by atoms with Crippen molar-refractivity contribution in [2.75, 3.05) is 13.2 Å². The number of amides is 1. The minimum absolute atomic E-state index is 0.297. The molecule has 0 radical (unpaired) electrons. The first-order chi connectivity index (χ1) is 7.19. The van der Waals surface area contributed by atoms with Crippen LogP contribution in [-0.2, 0) is 0 Å². The monoisotopic (exact) mass is 210 g/mol. The molecule has 3 N–H and O–H groups in total. The van der Waals surface area contributed by atoms with Crippen molar-refractivity contribution in [1.82, 2.24) is 10.3 Å². The largest absolute Gasteiger partial charge is 0.394 e. The van der Waals surface area contributed by atoms with E-state index in [9.17, 15) is 4.79 Å². The van der Waals surface area contributed by atoms with Gasteiger partial charge >= 0.3 is 0 Å². The Bertz CT molecular complexity index is 337. The molecule has 0 saturated carbocycles. The number of aliphatic hydroxyl groups is 2. The summed E-state index contributed by atoms with van der Waals surface area (Å²) >= 11 is 0. The van der Waals surface area contributed by atoms with E-state index in [1.165, 1.54) is 6.20 Å². The van der Waals surface area contributed by atoms with E-state index >= 15 is 0 Å². The van der Waals surface area contributed by atoms with Crippen molar-refractivity contribution in [3.05, 3.63) is 29.6 Å². The Labute approximate surface area is 87.8 Å². The highest BCUT2D eigenvalue weighted by atomic mass is 16.3. The molecular weight excluding hydrogens is 196 g/mol. The molecule has 5 heteroatoms. The van der Waals surface area contributed by atoms with Crippen molar-refractivity contribution in [3.8, 4) is 0 Å². The van der Waals surface area contributed by atoms with Crippen LogP contribution < -0.4 is 5.32 Å². The minimum Gasteiger partial charge on any atom is -0.394 e. The van der Waals surface area contributed by atoms with Gasteiger partial charge in [0, 0.05) is 6.20 Å². The zero-order valence-electron chi connectivity index (χ0n) is 8.47. The number of pyridine rings is 1. The maximum absolute atomic E-state index is 11.6. The molecule has 82 valence electrons. The number of aromatic nitrogens is 1. The number of aliphatic hydroxyl groups excluding tert-OH is 2. The van der Waals surface area contributed by atoms with Crippen LogP contribution in [0.2, 0.25) is 0 Å². The van der Waals surface area contributed by atoms with Crippen LogP contribution in [0.3, 0.4) is 0 Å². The molecule has 0 bridgehead atoms. The lowest BCUT2D eigenvalue weighted by Gasteiger charge is -2.13. The summed E-state index contributed by atoms with van der Waals surface area (Å²) in [4.78, 5) is 15.5. The van der Waals surface area contributed by atoms with Crippen molar-refractivity contribution in [2.45, 2.75) is 13.0 Å². The molecule has 0 saturated heterocycles. The van der Waals surface area contributed by atoms with E-state index in [0.717, 1.165) is 5.56 Å². The standard InChI is InChI=1S/C10H14N2O3/c1-7-3-2-4-11-9(7)10(15)12-8(5-13)6-14/h2-4,8,13-14H,5-6H2,1H3,(H,12,15). The quantitative estimate of drug-likeness (QED) is 0.624. The summed E-state index contributed by atoms with van der Waals surface area (Å²) in [5.74, 6) is -0.388. The van der Waals surface area contributed by atoms with E-state index in [0.29, 0.717) is 5.69 Å². The fourth-order valence-corrected chi connectivity index (χ4v) is 1.13. The molecular formula is C10H14N2O3. The van der Waals surface area contributed by atoms with Gasteiger partial charge < -0.3 is 15.5 Å². The number of nitrogens with one attached hydrogen (secondary N) is 1. The van der Waals surface area contributed by atoms with Gasteiger partial charge in [-0.3, -0.25) is 9.78 Å². The SMILES string of the molecule is Cc1cccnc1C(=O)NC(CO)CO. The molecule has 5 nitrogen and oxygen atoms in total. The second kappa shape index (κ2) is 5.43. The minimum atomic E-state index is -0.640. The molecule has 1 aromatic rings. The molecule has 1 rings (SSSR count). The fraction of sp³-hybridized carbons (Fsp3) is 0.400. The third-order valence-electron chi connectivity index (χ3n) is 2.00. The maximum atomic E-state index is 11.6. The third kappa shape index (κ3) is 3.00. The zero-order chi connectivity index (χ0) is 11.3. The fourth-order valence-electron chi connectivity index (χ4n) is 1.13. The molecule has 0 aromatic carbocycles. The summed E-state index contributed by atoms with van der Waals surface area (Å²) in [7, 11) is 0. The molecule has 1 amide bonds. The van der Waals surface area contributed by atoms with E-state index in [4.69, 9.17) is 10.2 Å². The van der Waals surface area contributed by atoms with Crippen molar-refractivity contribution in [3.63, 3.8) is 0 Å². The number of aryl methyl sites for hydroxylation is 1. The topological polar surface area (TPSA) is 82.5 Å².